The van der Waals surface area contributed by atoms with Crippen molar-refractivity contribution in [1.82, 2.24) is 4.90 Å². The fraction of sp³-hybridized carbons (Fsp3) is 0.278. The second-order valence-electron chi connectivity index (χ2n) is 5.86. The minimum absolute atomic E-state index is 0.0380. The van der Waals surface area contributed by atoms with Crippen LogP contribution >= 0.6 is 23.4 Å². The Morgan fingerprint density at radius 2 is 2.08 bits per heavy atom. The number of rotatable bonds is 5. The van der Waals surface area contributed by atoms with Crippen molar-refractivity contribution >= 4 is 35.0 Å². The highest BCUT2D eigenvalue weighted by molar-refractivity contribution is 7.99. The number of non-ortho nitro benzene ring substituents is 1. The molecule has 0 radical (unpaired) electrons. The summed E-state index contributed by atoms with van der Waals surface area (Å²) in [5.74, 6) is 1.29. The lowest BCUT2D eigenvalue weighted by atomic mass is 10.2. The zero-order chi connectivity index (χ0) is 18.7. The molecule has 1 unspecified atom stereocenters. The van der Waals surface area contributed by atoms with Gasteiger partial charge in [-0.2, -0.15) is 0 Å². The third-order valence-corrected chi connectivity index (χ3v) is 5.78. The molecule has 1 heterocycles. The molecule has 6 nitrogen and oxygen atoms in total. The Labute approximate surface area is 160 Å². The van der Waals surface area contributed by atoms with E-state index in [1.165, 1.54) is 12.1 Å². The van der Waals surface area contributed by atoms with Crippen LogP contribution in [-0.4, -0.2) is 34.6 Å². The zero-order valence-electron chi connectivity index (χ0n) is 14.1. The van der Waals surface area contributed by atoms with Crippen LogP contribution < -0.4 is 4.74 Å². The SMILES string of the molecule is Cc1cc(OCC(=O)N2CCSC2c2ccc([N+](=O)[O-])cc2)ccc1Cl. The molecular formula is C18H17ClN2O4S. The van der Waals surface area contributed by atoms with Gasteiger partial charge in [-0.05, 0) is 48.4 Å². The Morgan fingerprint density at radius 1 is 1.35 bits per heavy atom. The number of aryl methyl sites for hydroxylation is 1. The molecule has 136 valence electrons. The first-order chi connectivity index (χ1) is 12.5. The van der Waals surface area contributed by atoms with Gasteiger partial charge in [-0.1, -0.05) is 11.6 Å². The average Bonchev–Trinajstić information content (AvgIpc) is 3.12. The number of thioether (sulfide) groups is 1. The molecule has 0 N–H and O–H groups in total. The molecule has 0 spiro atoms. The van der Waals surface area contributed by atoms with Gasteiger partial charge >= 0.3 is 0 Å². The van der Waals surface area contributed by atoms with Crippen molar-refractivity contribution in [3.05, 3.63) is 68.7 Å². The summed E-state index contributed by atoms with van der Waals surface area (Å²) in [4.78, 5) is 24.7. The van der Waals surface area contributed by atoms with E-state index in [2.05, 4.69) is 0 Å². The highest BCUT2D eigenvalue weighted by atomic mass is 35.5. The number of benzene rings is 2. The van der Waals surface area contributed by atoms with Gasteiger partial charge in [-0.25, -0.2) is 0 Å². The molecule has 0 aromatic heterocycles. The van der Waals surface area contributed by atoms with E-state index >= 15 is 0 Å². The predicted octanol–water partition coefficient (Wildman–Crippen LogP) is 4.21. The summed E-state index contributed by atoms with van der Waals surface area (Å²) in [6.45, 7) is 2.43. The summed E-state index contributed by atoms with van der Waals surface area (Å²) in [6.07, 6.45) is 0. The number of hydrogen-bond acceptors (Lipinski definition) is 5. The van der Waals surface area contributed by atoms with Crippen LogP contribution in [0, 0.1) is 17.0 Å². The molecule has 1 amide bonds. The second-order valence-corrected chi connectivity index (χ2v) is 7.45. The number of nitro groups is 1. The van der Waals surface area contributed by atoms with Gasteiger partial charge in [0.25, 0.3) is 11.6 Å². The molecule has 8 heteroatoms. The summed E-state index contributed by atoms with van der Waals surface area (Å²) < 4.78 is 5.60. The number of ether oxygens (including phenoxy) is 1. The Balaban J connectivity index is 1.66. The van der Waals surface area contributed by atoms with Crippen LogP contribution in [0.5, 0.6) is 5.75 Å². The molecule has 2 aromatic rings. The van der Waals surface area contributed by atoms with E-state index in [0.29, 0.717) is 17.3 Å². The standard InChI is InChI=1S/C18H17ClN2O4S/c1-12-10-15(6-7-16(12)19)25-11-17(22)20-8-9-26-18(20)13-2-4-14(5-3-13)21(23)24/h2-7,10,18H,8-9,11H2,1H3. The molecule has 1 aliphatic rings. The first kappa shape index (κ1) is 18.5. The molecular weight excluding hydrogens is 376 g/mol. The van der Waals surface area contributed by atoms with E-state index in [-0.39, 0.29) is 23.6 Å². The van der Waals surface area contributed by atoms with Crippen LogP contribution in [-0.2, 0) is 4.79 Å². The number of nitro benzene ring substituents is 1. The molecule has 0 saturated carbocycles. The monoisotopic (exact) mass is 392 g/mol. The molecule has 2 aromatic carbocycles. The van der Waals surface area contributed by atoms with E-state index in [9.17, 15) is 14.9 Å². The van der Waals surface area contributed by atoms with Crippen molar-refractivity contribution in [3.8, 4) is 5.75 Å². The maximum Gasteiger partial charge on any atom is 0.269 e. The van der Waals surface area contributed by atoms with Crippen LogP contribution in [0.25, 0.3) is 0 Å². The molecule has 3 rings (SSSR count). The predicted molar refractivity (Wildman–Crippen MR) is 102 cm³/mol. The number of hydrogen-bond donors (Lipinski definition) is 0. The molecule has 0 aliphatic carbocycles. The van der Waals surface area contributed by atoms with Crippen molar-refractivity contribution in [1.29, 1.82) is 0 Å². The number of carbonyl (C=O) groups is 1. The Kier molecular flexibility index (Phi) is 5.68. The lowest BCUT2D eigenvalue weighted by molar-refractivity contribution is -0.384. The van der Waals surface area contributed by atoms with Crippen molar-refractivity contribution in [2.24, 2.45) is 0 Å². The minimum atomic E-state index is -0.434. The maximum absolute atomic E-state index is 12.6. The van der Waals surface area contributed by atoms with Crippen molar-refractivity contribution in [3.63, 3.8) is 0 Å². The Bertz CT molecular complexity index is 828. The first-order valence-corrected chi connectivity index (χ1v) is 9.43. The van der Waals surface area contributed by atoms with Crippen LogP contribution in [0.15, 0.2) is 42.5 Å². The fourth-order valence-corrected chi connectivity index (χ4v) is 4.09. The van der Waals surface area contributed by atoms with Crippen LogP contribution in [0.3, 0.4) is 0 Å². The number of nitrogens with zero attached hydrogens (tertiary/aromatic N) is 2. The van der Waals surface area contributed by atoms with Gasteiger partial charge in [0.1, 0.15) is 11.1 Å². The van der Waals surface area contributed by atoms with E-state index in [1.807, 2.05) is 6.92 Å². The number of halogens is 1. The van der Waals surface area contributed by atoms with Crippen molar-refractivity contribution < 1.29 is 14.5 Å². The van der Waals surface area contributed by atoms with Gasteiger partial charge in [0.05, 0.1) is 4.92 Å². The van der Waals surface area contributed by atoms with E-state index in [0.717, 1.165) is 16.9 Å². The summed E-state index contributed by atoms with van der Waals surface area (Å²) in [7, 11) is 0. The summed E-state index contributed by atoms with van der Waals surface area (Å²) in [5.41, 5.74) is 1.79. The Hall–Kier alpha value is -2.25. The zero-order valence-corrected chi connectivity index (χ0v) is 15.6. The van der Waals surface area contributed by atoms with Gasteiger partial charge in [0.2, 0.25) is 0 Å². The molecule has 1 fully saturated rings. The largest absolute Gasteiger partial charge is 0.484 e. The van der Waals surface area contributed by atoms with Crippen LogP contribution in [0.1, 0.15) is 16.5 Å². The van der Waals surface area contributed by atoms with Crippen molar-refractivity contribution in [2.45, 2.75) is 12.3 Å². The topological polar surface area (TPSA) is 72.7 Å². The lowest BCUT2D eigenvalue weighted by Crippen LogP contribution is -2.34. The quantitative estimate of drug-likeness (QED) is 0.563. The molecule has 1 atom stereocenters. The summed E-state index contributed by atoms with van der Waals surface area (Å²) in [5, 5.41) is 11.3. The fourth-order valence-electron chi connectivity index (χ4n) is 2.70. The summed E-state index contributed by atoms with van der Waals surface area (Å²) in [6, 6.07) is 11.6. The van der Waals surface area contributed by atoms with Gasteiger partial charge in [-0.15, -0.1) is 11.8 Å². The third-order valence-electron chi connectivity index (χ3n) is 4.09. The highest BCUT2D eigenvalue weighted by Crippen LogP contribution is 2.38. The number of carbonyl (C=O) groups excluding carboxylic acids is 1. The van der Waals surface area contributed by atoms with Crippen LogP contribution in [0.4, 0.5) is 5.69 Å². The molecule has 26 heavy (non-hydrogen) atoms. The highest BCUT2D eigenvalue weighted by Gasteiger charge is 2.31. The van der Waals surface area contributed by atoms with Gasteiger partial charge in [0.15, 0.2) is 6.61 Å². The Morgan fingerprint density at radius 3 is 2.73 bits per heavy atom. The van der Waals surface area contributed by atoms with Crippen LogP contribution in [0.2, 0.25) is 5.02 Å². The van der Waals surface area contributed by atoms with E-state index in [4.69, 9.17) is 16.3 Å². The average molecular weight is 393 g/mol. The normalized spacial score (nSPS) is 16.5. The van der Waals surface area contributed by atoms with E-state index in [1.54, 1.807) is 47.0 Å². The molecule has 1 aliphatic heterocycles. The maximum atomic E-state index is 12.6. The van der Waals surface area contributed by atoms with E-state index < -0.39 is 4.92 Å². The third kappa shape index (κ3) is 4.11. The van der Waals surface area contributed by atoms with Gasteiger partial charge in [-0.3, -0.25) is 14.9 Å². The van der Waals surface area contributed by atoms with Gasteiger partial charge < -0.3 is 9.64 Å². The second kappa shape index (κ2) is 7.97. The smallest absolute Gasteiger partial charge is 0.269 e. The first-order valence-electron chi connectivity index (χ1n) is 8.00. The van der Waals surface area contributed by atoms with Gasteiger partial charge in [0, 0.05) is 29.5 Å². The number of amides is 1. The van der Waals surface area contributed by atoms with Crippen molar-refractivity contribution in [2.75, 3.05) is 18.9 Å². The lowest BCUT2D eigenvalue weighted by Gasteiger charge is -2.24. The molecule has 0 bridgehead atoms. The summed E-state index contributed by atoms with van der Waals surface area (Å²) >= 11 is 7.62. The molecule has 1 saturated heterocycles. The minimum Gasteiger partial charge on any atom is -0.484 e.